The molecule has 0 aromatic carbocycles. The second-order valence-electron chi connectivity index (χ2n) is 3.16. The zero-order valence-electron chi connectivity index (χ0n) is 8.48. The van der Waals surface area contributed by atoms with Crippen molar-refractivity contribution in [1.82, 2.24) is 4.90 Å². The van der Waals surface area contributed by atoms with Gasteiger partial charge in [-0.3, -0.25) is 4.79 Å². The van der Waals surface area contributed by atoms with Crippen molar-refractivity contribution in [3.63, 3.8) is 0 Å². The average molecular weight is 204 g/mol. The van der Waals surface area contributed by atoms with Gasteiger partial charge < -0.3 is 4.90 Å². The predicted molar refractivity (Wildman–Crippen MR) is 57.0 cm³/mol. The van der Waals surface area contributed by atoms with Gasteiger partial charge in [0, 0.05) is 25.4 Å². The minimum Gasteiger partial charge on any atom is -0.339 e. The van der Waals surface area contributed by atoms with Crippen LogP contribution in [-0.4, -0.2) is 29.8 Å². The lowest BCUT2D eigenvalue weighted by molar-refractivity contribution is -0.130. The van der Waals surface area contributed by atoms with E-state index in [1.807, 2.05) is 13.8 Å². The van der Waals surface area contributed by atoms with Crippen LogP contribution in [0.5, 0.6) is 0 Å². The molecule has 0 atom stereocenters. The molecule has 0 aliphatic rings. The summed E-state index contributed by atoms with van der Waals surface area (Å²) in [4.78, 5) is 13.3. The Hall–Kier alpha value is -0.500. The van der Waals surface area contributed by atoms with Crippen LogP contribution in [0.15, 0.2) is 12.2 Å². The maximum absolute atomic E-state index is 11.5. The molecule has 0 aromatic heterocycles. The molecule has 3 heteroatoms. The third-order valence-corrected chi connectivity index (χ3v) is 1.99. The largest absolute Gasteiger partial charge is 0.339 e. The molecule has 0 bridgehead atoms. The quantitative estimate of drug-likeness (QED) is 0.480. The van der Waals surface area contributed by atoms with E-state index in [0.29, 0.717) is 18.8 Å². The summed E-state index contributed by atoms with van der Waals surface area (Å²) in [6.45, 7) is 9.10. The number of halogens is 1. The Bertz CT molecular complexity index is 180. The first-order valence-corrected chi connectivity index (χ1v) is 5.13. The van der Waals surface area contributed by atoms with Crippen molar-refractivity contribution in [1.29, 1.82) is 0 Å². The summed E-state index contributed by atoms with van der Waals surface area (Å²) in [5.41, 5.74) is 1.01. The minimum absolute atomic E-state index is 0.172. The fourth-order valence-electron chi connectivity index (χ4n) is 1.08. The third-order valence-electron chi connectivity index (χ3n) is 1.72. The van der Waals surface area contributed by atoms with Gasteiger partial charge in [-0.15, -0.1) is 11.6 Å². The lowest BCUT2D eigenvalue weighted by Crippen LogP contribution is -2.31. The molecule has 0 aliphatic carbocycles. The van der Waals surface area contributed by atoms with Crippen LogP contribution in [0.4, 0.5) is 0 Å². The van der Waals surface area contributed by atoms with Crippen molar-refractivity contribution in [2.45, 2.75) is 26.7 Å². The van der Waals surface area contributed by atoms with Crippen molar-refractivity contribution in [3.8, 4) is 0 Å². The summed E-state index contributed by atoms with van der Waals surface area (Å²) >= 11 is 5.51. The van der Waals surface area contributed by atoms with Gasteiger partial charge in [0.2, 0.25) is 5.91 Å². The molecule has 76 valence electrons. The Morgan fingerprint density at radius 3 is 2.54 bits per heavy atom. The van der Waals surface area contributed by atoms with Gasteiger partial charge in [-0.1, -0.05) is 12.2 Å². The highest BCUT2D eigenvalue weighted by atomic mass is 35.5. The SMILES string of the molecule is C=C(C)CN(CC)C(=O)CCCCl. The molecule has 2 nitrogen and oxygen atoms in total. The first-order chi connectivity index (χ1) is 6.11. The van der Waals surface area contributed by atoms with E-state index >= 15 is 0 Å². The van der Waals surface area contributed by atoms with Gasteiger partial charge in [0.25, 0.3) is 0 Å². The van der Waals surface area contributed by atoms with Crippen LogP contribution in [0.1, 0.15) is 26.7 Å². The van der Waals surface area contributed by atoms with E-state index in [0.717, 1.165) is 18.5 Å². The second-order valence-corrected chi connectivity index (χ2v) is 3.54. The summed E-state index contributed by atoms with van der Waals surface area (Å²) in [5, 5.41) is 0. The number of likely N-dealkylation sites (N-methyl/N-ethyl adjacent to an activating group) is 1. The van der Waals surface area contributed by atoms with Crippen molar-refractivity contribution in [2.24, 2.45) is 0 Å². The van der Waals surface area contributed by atoms with E-state index in [2.05, 4.69) is 6.58 Å². The van der Waals surface area contributed by atoms with E-state index in [9.17, 15) is 4.79 Å². The smallest absolute Gasteiger partial charge is 0.222 e. The highest BCUT2D eigenvalue weighted by Crippen LogP contribution is 2.02. The van der Waals surface area contributed by atoms with Gasteiger partial charge >= 0.3 is 0 Å². The highest BCUT2D eigenvalue weighted by Gasteiger charge is 2.10. The van der Waals surface area contributed by atoms with Crippen molar-refractivity contribution < 1.29 is 4.79 Å². The van der Waals surface area contributed by atoms with Crippen LogP contribution >= 0.6 is 11.6 Å². The first-order valence-electron chi connectivity index (χ1n) is 4.60. The van der Waals surface area contributed by atoms with Gasteiger partial charge in [0.1, 0.15) is 0 Å². The molecule has 0 unspecified atom stereocenters. The zero-order valence-corrected chi connectivity index (χ0v) is 9.23. The van der Waals surface area contributed by atoms with Gasteiger partial charge in [-0.25, -0.2) is 0 Å². The molecule has 1 amide bonds. The molecule has 0 radical (unpaired) electrons. The Kier molecular flexibility index (Phi) is 6.69. The summed E-state index contributed by atoms with van der Waals surface area (Å²) in [5.74, 6) is 0.724. The summed E-state index contributed by atoms with van der Waals surface area (Å²) in [6, 6.07) is 0. The molecule has 0 heterocycles. The van der Waals surface area contributed by atoms with Gasteiger partial charge in [-0.05, 0) is 20.3 Å². The average Bonchev–Trinajstić information content (AvgIpc) is 2.09. The van der Waals surface area contributed by atoms with Gasteiger partial charge in [0.15, 0.2) is 0 Å². The third kappa shape index (κ3) is 5.69. The number of hydrogen-bond donors (Lipinski definition) is 0. The van der Waals surface area contributed by atoms with E-state index in [1.54, 1.807) is 4.90 Å². The molecule has 0 saturated carbocycles. The Morgan fingerprint density at radius 1 is 1.54 bits per heavy atom. The van der Waals surface area contributed by atoms with Crippen LogP contribution in [0.2, 0.25) is 0 Å². The summed E-state index contributed by atoms with van der Waals surface area (Å²) < 4.78 is 0. The number of nitrogens with zero attached hydrogens (tertiary/aromatic N) is 1. The lowest BCUT2D eigenvalue weighted by atomic mass is 10.2. The van der Waals surface area contributed by atoms with E-state index in [1.165, 1.54) is 0 Å². The Morgan fingerprint density at radius 2 is 2.15 bits per heavy atom. The van der Waals surface area contributed by atoms with Gasteiger partial charge in [-0.2, -0.15) is 0 Å². The molecule has 0 aliphatic heterocycles. The fraction of sp³-hybridized carbons (Fsp3) is 0.700. The number of alkyl halides is 1. The van der Waals surface area contributed by atoms with Crippen LogP contribution in [0.25, 0.3) is 0 Å². The first kappa shape index (κ1) is 12.5. The maximum Gasteiger partial charge on any atom is 0.222 e. The molecular formula is C10H18ClNO. The lowest BCUT2D eigenvalue weighted by Gasteiger charge is -2.20. The van der Waals surface area contributed by atoms with Crippen LogP contribution in [-0.2, 0) is 4.79 Å². The zero-order chi connectivity index (χ0) is 10.3. The molecule has 0 saturated heterocycles. The monoisotopic (exact) mass is 203 g/mol. The molecule has 0 N–H and O–H groups in total. The molecule has 0 spiro atoms. The molecular weight excluding hydrogens is 186 g/mol. The molecule has 0 fully saturated rings. The summed E-state index contributed by atoms with van der Waals surface area (Å²) in [7, 11) is 0. The van der Waals surface area contributed by atoms with E-state index in [4.69, 9.17) is 11.6 Å². The van der Waals surface area contributed by atoms with Crippen molar-refractivity contribution in [3.05, 3.63) is 12.2 Å². The van der Waals surface area contributed by atoms with Crippen LogP contribution < -0.4 is 0 Å². The minimum atomic E-state index is 0.172. The number of carbonyl (C=O) groups excluding carboxylic acids is 1. The standard InChI is InChI=1S/C10H18ClNO/c1-4-12(8-9(2)3)10(13)6-5-7-11/h2,4-8H2,1,3H3. The Balaban J connectivity index is 3.92. The highest BCUT2D eigenvalue weighted by molar-refractivity contribution is 6.17. The normalized spacial score (nSPS) is 9.77. The maximum atomic E-state index is 11.5. The fourth-order valence-corrected chi connectivity index (χ4v) is 1.21. The molecule has 13 heavy (non-hydrogen) atoms. The van der Waals surface area contributed by atoms with Crippen LogP contribution in [0.3, 0.4) is 0 Å². The van der Waals surface area contributed by atoms with Crippen molar-refractivity contribution >= 4 is 17.5 Å². The topological polar surface area (TPSA) is 20.3 Å². The number of carbonyl (C=O) groups is 1. The summed E-state index contributed by atoms with van der Waals surface area (Å²) in [6.07, 6.45) is 1.30. The number of rotatable bonds is 6. The van der Waals surface area contributed by atoms with E-state index < -0.39 is 0 Å². The second kappa shape index (κ2) is 6.96. The number of amides is 1. The Labute approximate surface area is 85.6 Å². The predicted octanol–water partition coefficient (Wildman–Crippen LogP) is 2.43. The van der Waals surface area contributed by atoms with Crippen molar-refractivity contribution in [2.75, 3.05) is 19.0 Å². The van der Waals surface area contributed by atoms with E-state index in [-0.39, 0.29) is 5.91 Å². The number of hydrogen-bond acceptors (Lipinski definition) is 1. The molecule has 0 rings (SSSR count). The molecule has 0 aromatic rings. The van der Waals surface area contributed by atoms with Crippen LogP contribution in [0, 0.1) is 0 Å². The van der Waals surface area contributed by atoms with Gasteiger partial charge in [0.05, 0.1) is 0 Å².